The predicted octanol–water partition coefficient (Wildman–Crippen LogP) is 1.26. The summed E-state index contributed by atoms with van der Waals surface area (Å²) in [7, 11) is 3.31. The lowest BCUT2D eigenvalue weighted by atomic mass is 10.2. The maximum absolute atomic E-state index is 13.3. The van der Waals surface area contributed by atoms with Crippen molar-refractivity contribution in [3.8, 4) is 0 Å². The summed E-state index contributed by atoms with van der Waals surface area (Å²) in [5, 5.41) is 0. The Morgan fingerprint density at radius 3 is 2.24 bits per heavy atom. The first kappa shape index (κ1) is 12.1. The van der Waals surface area contributed by atoms with Crippen LogP contribution in [0.15, 0.2) is 18.2 Å². The van der Waals surface area contributed by atoms with Crippen molar-refractivity contribution in [1.82, 2.24) is 0 Å². The van der Waals surface area contributed by atoms with Crippen LogP contribution in [-0.4, -0.2) is 39.5 Å². The Kier molecular flexibility index (Phi) is 3.49. The van der Waals surface area contributed by atoms with Crippen molar-refractivity contribution in [1.29, 1.82) is 0 Å². The van der Waals surface area contributed by atoms with Gasteiger partial charge in [-0.05, 0) is 18.2 Å². The summed E-state index contributed by atoms with van der Waals surface area (Å²) in [5.74, 6) is -0.324. The van der Waals surface area contributed by atoms with Crippen LogP contribution in [0.5, 0.6) is 0 Å². The minimum absolute atomic E-state index is 0.00416. The molecule has 0 bridgehead atoms. The van der Waals surface area contributed by atoms with Crippen LogP contribution in [0.1, 0.15) is 0 Å². The van der Waals surface area contributed by atoms with E-state index in [9.17, 15) is 4.39 Å². The highest BCUT2D eigenvalue weighted by molar-refractivity contribution is 5.57. The highest BCUT2D eigenvalue weighted by Gasteiger charge is 2.33. The second-order valence-corrected chi connectivity index (χ2v) is 4.20. The highest BCUT2D eigenvalue weighted by Crippen LogP contribution is 2.26. The number of nitrogen functional groups attached to an aromatic ring is 1. The topological polar surface area (TPSA) is 47.7 Å². The quantitative estimate of drug-likeness (QED) is 0.808. The van der Waals surface area contributed by atoms with Crippen molar-refractivity contribution < 1.29 is 13.9 Å². The average Bonchev–Trinajstić information content (AvgIpc) is 2.70. The van der Waals surface area contributed by atoms with Gasteiger partial charge in [-0.2, -0.15) is 0 Å². The van der Waals surface area contributed by atoms with Crippen LogP contribution in [0.2, 0.25) is 0 Å². The minimum atomic E-state index is -0.324. The Morgan fingerprint density at radius 1 is 1.18 bits per heavy atom. The molecule has 94 valence electrons. The maximum Gasteiger partial charge on any atom is 0.127 e. The Morgan fingerprint density at radius 2 is 1.76 bits per heavy atom. The molecule has 1 aromatic carbocycles. The molecule has 2 unspecified atom stereocenters. The van der Waals surface area contributed by atoms with Crippen molar-refractivity contribution in [2.75, 3.05) is 37.9 Å². The monoisotopic (exact) mass is 240 g/mol. The van der Waals surface area contributed by atoms with Crippen LogP contribution in [-0.2, 0) is 9.47 Å². The van der Waals surface area contributed by atoms with Crippen LogP contribution in [0.3, 0.4) is 0 Å². The van der Waals surface area contributed by atoms with E-state index in [-0.39, 0.29) is 18.0 Å². The van der Waals surface area contributed by atoms with E-state index in [0.29, 0.717) is 18.8 Å². The molecule has 0 saturated carbocycles. The van der Waals surface area contributed by atoms with E-state index in [2.05, 4.69) is 0 Å². The number of ether oxygens (including phenoxy) is 2. The van der Waals surface area contributed by atoms with Gasteiger partial charge in [-0.25, -0.2) is 4.39 Å². The van der Waals surface area contributed by atoms with Crippen molar-refractivity contribution in [3.05, 3.63) is 24.0 Å². The summed E-state index contributed by atoms with van der Waals surface area (Å²) in [4.78, 5) is 2.02. The molecule has 1 aromatic rings. The Bertz CT molecular complexity index is 368. The predicted molar refractivity (Wildman–Crippen MR) is 64.6 cm³/mol. The summed E-state index contributed by atoms with van der Waals surface area (Å²) >= 11 is 0. The van der Waals surface area contributed by atoms with E-state index >= 15 is 0 Å². The van der Waals surface area contributed by atoms with E-state index in [0.717, 1.165) is 5.69 Å². The van der Waals surface area contributed by atoms with E-state index in [1.54, 1.807) is 20.3 Å². The third kappa shape index (κ3) is 2.50. The number of benzene rings is 1. The molecule has 0 radical (unpaired) electrons. The van der Waals surface area contributed by atoms with Gasteiger partial charge >= 0.3 is 0 Å². The lowest BCUT2D eigenvalue weighted by molar-refractivity contribution is -0.00461. The molecule has 1 fully saturated rings. The third-order valence-corrected chi connectivity index (χ3v) is 3.09. The van der Waals surface area contributed by atoms with Crippen molar-refractivity contribution in [2.24, 2.45) is 0 Å². The number of hydrogen-bond donors (Lipinski definition) is 1. The summed E-state index contributed by atoms with van der Waals surface area (Å²) in [6.07, 6.45) is 0.00832. The Hall–Kier alpha value is -1.33. The molecule has 1 aliphatic rings. The van der Waals surface area contributed by atoms with Gasteiger partial charge in [0.25, 0.3) is 0 Å². The van der Waals surface area contributed by atoms with Gasteiger partial charge in [-0.15, -0.1) is 0 Å². The van der Waals surface area contributed by atoms with Gasteiger partial charge in [-0.1, -0.05) is 0 Å². The summed E-state index contributed by atoms with van der Waals surface area (Å²) < 4.78 is 23.9. The fourth-order valence-corrected chi connectivity index (χ4v) is 2.19. The SMILES string of the molecule is COC1CN(c2cc(N)cc(F)c2)CC1OC. The van der Waals surface area contributed by atoms with Crippen LogP contribution in [0, 0.1) is 5.82 Å². The van der Waals surface area contributed by atoms with Gasteiger partial charge in [-0.3, -0.25) is 0 Å². The fourth-order valence-electron chi connectivity index (χ4n) is 2.19. The molecule has 1 heterocycles. The first-order valence-electron chi connectivity index (χ1n) is 5.50. The lowest BCUT2D eigenvalue weighted by Crippen LogP contribution is -2.27. The van der Waals surface area contributed by atoms with Crippen LogP contribution in [0.4, 0.5) is 15.8 Å². The molecule has 1 saturated heterocycles. The van der Waals surface area contributed by atoms with E-state index in [4.69, 9.17) is 15.2 Å². The molecule has 17 heavy (non-hydrogen) atoms. The first-order chi connectivity index (χ1) is 8.13. The van der Waals surface area contributed by atoms with Crippen molar-refractivity contribution in [2.45, 2.75) is 12.2 Å². The summed E-state index contributed by atoms with van der Waals surface area (Å²) in [6.45, 7) is 1.36. The zero-order valence-electron chi connectivity index (χ0n) is 10.0. The Balaban J connectivity index is 2.18. The molecule has 0 spiro atoms. The van der Waals surface area contributed by atoms with E-state index in [1.165, 1.54) is 12.1 Å². The number of methoxy groups -OCH3 is 2. The maximum atomic E-state index is 13.3. The van der Waals surface area contributed by atoms with Crippen LogP contribution < -0.4 is 10.6 Å². The minimum Gasteiger partial charge on any atom is -0.399 e. The number of nitrogens with two attached hydrogens (primary N) is 1. The lowest BCUT2D eigenvalue weighted by Gasteiger charge is -2.18. The number of hydrogen-bond acceptors (Lipinski definition) is 4. The molecular weight excluding hydrogens is 223 g/mol. The van der Waals surface area contributed by atoms with Crippen LogP contribution in [0.25, 0.3) is 0 Å². The van der Waals surface area contributed by atoms with Gasteiger partial charge in [0.2, 0.25) is 0 Å². The molecule has 2 rings (SSSR count). The first-order valence-corrected chi connectivity index (χ1v) is 5.50. The molecule has 0 aromatic heterocycles. The number of anilines is 2. The molecule has 0 amide bonds. The number of halogens is 1. The smallest absolute Gasteiger partial charge is 0.127 e. The van der Waals surface area contributed by atoms with Crippen molar-refractivity contribution >= 4 is 11.4 Å². The van der Waals surface area contributed by atoms with Gasteiger partial charge in [0.05, 0.1) is 0 Å². The van der Waals surface area contributed by atoms with Gasteiger partial charge in [0.15, 0.2) is 0 Å². The average molecular weight is 240 g/mol. The van der Waals surface area contributed by atoms with Crippen molar-refractivity contribution in [3.63, 3.8) is 0 Å². The van der Waals surface area contributed by atoms with Gasteiger partial charge < -0.3 is 20.1 Å². The normalized spacial score (nSPS) is 24.3. The number of nitrogens with zero attached hydrogens (tertiary/aromatic N) is 1. The molecule has 5 heteroatoms. The second kappa shape index (κ2) is 4.89. The molecule has 2 N–H and O–H groups in total. The van der Waals surface area contributed by atoms with E-state index in [1.807, 2.05) is 4.90 Å². The van der Waals surface area contributed by atoms with Gasteiger partial charge in [0, 0.05) is 38.7 Å². The fraction of sp³-hybridized carbons (Fsp3) is 0.500. The highest BCUT2D eigenvalue weighted by atomic mass is 19.1. The summed E-state index contributed by atoms with van der Waals surface area (Å²) in [6, 6.07) is 4.54. The molecule has 1 aliphatic heterocycles. The molecule has 0 aliphatic carbocycles. The number of rotatable bonds is 3. The molecule has 4 nitrogen and oxygen atoms in total. The molecule has 2 atom stereocenters. The second-order valence-electron chi connectivity index (χ2n) is 4.20. The zero-order chi connectivity index (χ0) is 12.4. The largest absolute Gasteiger partial charge is 0.399 e. The molecular formula is C12H17FN2O2. The zero-order valence-corrected chi connectivity index (χ0v) is 10.0. The summed E-state index contributed by atoms with van der Waals surface area (Å²) in [5.41, 5.74) is 6.83. The standard InChI is InChI=1S/C12H17FN2O2/c1-16-11-6-15(7-12(11)17-2)10-4-8(13)3-9(14)5-10/h3-5,11-12H,6-7,14H2,1-2H3. The van der Waals surface area contributed by atoms with Gasteiger partial charge in [0.1, 0.15) is 18.0 Å². The van der Waals surface area contributed by atoms with Crippen LogP contribution >= 0.6 is 0 Å². The Labute approximate surface area is 100 Å². The third-order valence-electron chi connectivity index (χ3n) is 3.09. The van der Waals surface area contributed by atoms with E-state index < -0.39 is 0 Å².